The van der Waals surface area contributed by atoms with Crippen molar-refractivity contribution in [2.24, 2.45) is 0 Å². The van der Waals surface area contributed by atoms with Crippen LogP contribution >= 0.6 is 0 Å². The van der Waals surface area contributed by atoms with Gasteiger partial charge in [-0.3, -0.25) is 9.48 Å². The van der Waals surface area contributed by atoms with Crippen molar-refractivity contribution < 1.29 is 4.79 Å². The maximum absolute atomic E-state index is 12.3. The number of carbonyl (C=O) groups excluding carboxylic acids is 1. The third-order valence-electron chi connectivity index (χ3n) is 3.19. The molecule has 1 aromatic heterocycles. The Morgan fingerprint density at radius 2 is 2.19 bits per heavy atom. The number of hydrogen-bond donors (Lipinski definition) is 1. The second-order valence-corrected chi connectivity index (χ2v) is 4.62. The predicted molar refractivity (Wildman–Crippen MR) is 78.9 cm³/mol. The number of hydrogen-bond acceptors (Lipinski definition) is 4. The van der Waals surface area contributed by atoms with Crippen LogP contribution in [0.1, 0.15) is 18.1 Å². The molecular formula is C15H17N5O. The van der Waals surface area contributed by atoms with Crippen LogP contribution in [0.5, 0.6) is 0 Å². The van der Waals surface area contributed by atoms with Crippen LogP contribution in [-0.4, -0.2) is 27.1 Å². The van der Waals surface area contributed by atoms with Gasteiger partial charge in [0.2, 0.25) is 5.91 Å². The number of aromatic nitrogens is 2. The number of nitrogens with zero attached hydrogens (tertiary/aromatic N) is 4. The number of nitriles is 1. The highest BCUT2D eigenvalue weighted by Gasteiger charge is 2.14. The topological polar surface area (TPSA) is 87.9 Å². The largest absolute Gasteiger partial charge is 0.382 e. The fraction of sp³-hybridized carbons (Fsp3) is 0.267. The van der Waals surface area contributed by atoms with Gasteiger partial charge in [0, 0.05) is 19.3 Å². The lowest BCUT2D eigenvalue weighted by Gasteiger charge is -2.21. The molecule has 0 saturated carbocycles. The van der Waals surface area contributed by atoms with Gasteiger partial charge in [0.05, 0.1) is 11.6 Å². The van der Waals surface area contributed by atoms with Gasteiger partial charge >= 0.3 is 0 Å². The van der Waals surface area contributed by atoms with Crippen molar-refractivity contribution in [3.8, 4) is 6.07 Å². The summed E-state index contributed by atoms with van der Waals surface area (Å²) in [5.74, 6) is 0.328. The summed E-state index contributed by atoms with van der Waals surface area (Å²) >= 11 is 0. The maximum Gasteiger partial charge on any atom is 0.244 e. The van der Waals surface area contributed by atoms with Gasteiger partial charge in [0.15, 0.2) is 0 Å². The lowest BCUT2D eigenvalue weighted by molar-refractivity contribution is -0.132. The molecule has 0 fully saturated rings. The molecule has 0 aliphatic rings. The minimum atomic E-state index is -0.0617. The smallest absolute Gasteiger partial charge is 0.244 e. The van der Waals surface area contributed by atoms with Crippen LogP contribution in [0.4, 0.5) is 5.82 Å². The number of anilines is 1. The molecule has 0 atom stereocenters. The zero-order valence-electron chi connectivity index (χ0n) is 11.9. The van der Waals surface area contributed by atoms with E-state index in [1.165, 1.54) is 4.68 Å². The number of rotatable bonds is 5. The van der Waals surface area contributed by atoms with Crippen LogP contribution in [0.3, 0.4) is 0 Å². The summed E-state index contributed by atoms with van der Waals surface area (Å²) in [6, 6.07) is 11.1. The van der Waals surface area contributed by atoms with E-state index in [-0.39, 0.29) is 12.5 Å². The van der Waals surface area contributed by atoms with Crippen molar-refractivity contribution in [3.63, 3.8) is 0 Å². The molecule has 0 bridgehead atoms. The zero-order valence-corrected chi connectivity index (χ0v) is 11.9. The minimum absolute atomic E-state index is 0.0617. The van der Waals surface area contributed by atoms with Crippen molar-refractivity contribution in [2.45, 2.75) is 20.0 Å². The molecule has 108 valence electrons. The normalized spacial score (nSPS) is 10.1. The zero-order chi connectivity index (χ0) is 15.2. The monoisotopic (exact) mass is 283 g/mol. The quantitative estimate of drug-likeness (QED) is 0.898. The highest BCUT2D eigenvalue weighted by atomic mass is 16.2. The van der Waals surface area contributed by atoms with Gasteiger partial charge in [-0.05, 0) is 24.6 Å². The Bertz CT molecular complexity index is 671. The number of likely N-dealkylation sites (N-methyl/N-ethyl adjacent to an activating group) is 1. The molecule has 2 N–H and O–H groups in total. The SMILES string of the molecule is CCN(Cc1ccccc1C#N)C(=O)Cn1ccc(N)n1. The van der Waals surface area contributed by atoms with Crippen molar-refractivity contribution in [1.29, 1.82) is 5.26 Å². The van der Waals surface area contributed by atoms with E-state index in [0.717, 1.165) is 5.56 Å². The average Bonchev–Trinajstić information content (AvgIpc) is 2.90. The Labute approximate surface area is 123 Å². The van der Waals surface area contributed by atoms with Gasteiger partial charge in [-0.1, -0.05) is 18.2 Å². The molecule has 0 saturated heterocycles. The Morgan fingerprint density at radius 1 is 1.43 bits per heavy atom. The Balaban J connectivity index is 2.09. The van der Waals surface area contributed by atoms with Crippen molar-refractivity contribution in [3.05, 3.63) is 47.7 Å². The summed E-state index contributed by atoms with van der Waals surface area (Å²) in [6.45, 7) is 3.02. The van der Waals surface area contributed by atoms with E-state index in [0.29, 0.717) is 24.5 Å². The molecule has 6 heteroatoms. The first-order valence-electron chi connectivity index (χ1n) is 6.68. The molecule has 0 spiro atoms. The van der Waals surface area contributed by atoms with E-state index in [1.54, 1.807) is 23.2 Å². The van der Waals surface area contributed by atoms with Gasteiger partial charge < -0.3 is 10.6 Å². The summed E-state index contributed by atoms with van der Waals surface area (Å²) in [6.07, 6.45) is 1.67. The molecule has 0 unspecified atom stereocenters. The highest BCUT2D eigenvalue weighted by Crippen LogP contribution is 2.11. The van der Waals surface area contributed by atoms with E-state index < -0.39 is 0 Å². The van der Waals surface area contributed by atoms with Gasteiger partial charge in [-0.25, -0.2) is 0 Å². The van der Waals surface area contributed by atoms with Crippen molar-refractivity contribution in [2.75, 3.05) is 12.3 Å². The lowest BCUT2D eigenvalue weighted by atomic mass is 10.1. The second-order valence-electron chi connectivity index (χ2n) is 4.62. The van der Waals surface area contributed by atoms with Gasteiger partial charge in [0.1, 0.15) is 12.4 Å². The van der Waals surface area contributed by atoms with Crippen molar-refractivity contribution >= 4 is 11.7 Å². The first kappa shape index (κ1) is 14.6. The van der Waals surface area contributed by atoms with Crippen LogP contribution in [0, 0.1) is 11.3 Å². The van der Waals surface area contributed by atoms with Crippen LogP contribution in [0.25, 0.3) is 0 Å². The summed E-state index contributed by atoms with van der Waals surface area (Å²) in [4.78, 5) is 14.0. The molecule has 0 aliphatic heterocycles. The van der Waals surface area contributed by atoms with Gasteiger partial charge in [0.25, 0.3) is 0 Å². The van der Waals surface area contributed by atoms with E-state index in [2.05, 4.69) is 11.2 Å². The summed E-state index contributed by atoms with van der Waals surface area (Å²) in [5.41, 5.74) is 6.96. The van der Waals surface area contributed by atoms with Crippen LogP contribution < -0.4 is 5.73 Å². The van der Waals surface area contributed by atoms with Gasteiger partial charge in [-0.2, -0.15) is 10.4 Å². The molecule has 1 heterocycles. The molecule has 2 rings (SSSR count). The summed E-state index contributed by atoms with van der Waals surface area (Å²) < 4.78 is 1.51. The molecule has 0 radical (unpaired) electrons. The molecule has 6 nitrogen and oxygen atoms in total. The molecule has 21 heavy (non-hydrogen) atoms. The Morgan fingerprint density at radius 3 is 2.81 bits per heavy atom. The first-order valence-corrected chi connectivity index (χ1v) is 6.68. The highest BCUT2D eigenvalue weighted by molar-refractivity contribution is 5.76. The summed E-state index contributed by atoms with van der Waals surface area (Å²) in [7, 11) is 0. The Hall–Kier alpha value is -2.81. The summed E-state index contributed by atoms with van der Waals surface area (Å²) in [5, 5.41) is 13.1. The van der Waals surface area contributed by atoms with Crippen LogP contribution in [0.2, 0.25) is 0 Å². The standard InChI is InChI=1S/C15H17N5O/c1-2-19(10-13-6-4-3-5-12(13)9-16)15(21)11-20-8-7-14(17)18-20/h3-8H,2,10-11H2,1H3,(H2,17,18). The van der Waals surface area contributed by atoms with Crippen LogP contribution in [0.15, 0.2) is 36.5 Å². The van der Waals surface area contributed by atoms with E-state index in [1.807, 2.05) is 25.1 Å². The van der Waals surface area contributed by atoms with E-state index in [9.17, 15) is 4.79 Å². The predicted octanol–water partition coefficient (Wildman–Crippen LogP) is 1.39. The number of amides is 1. The lowest BCUT2D eigenvalue weighted by Crippen LogP contribution is -2.33. The third kappa shape index (κ3) is 3.60. The number of nitrogen functional groups attached to an aromatic ring is 1. The minimum Gasteiger partial charge on any atom is -0.382 e. The average molecular weight is 283 g/mol. The Kier molecular flexibility index (Phi) is 4.57. The number of benzene rings is 1. The fourth-order valence-electron chi connectivity index (χ4n) is 2.05. The van der Waals surface area contributed by atoms with Crippen LogP contribution in [-0.2, 0) is 17.9 Å². The second kappa shape index (κ2) is 6.57. The number of nitrogens with two attached hydrogens (primary N) is 1. The van der Waals surface area contributed by atoms with E-state index in [4.69, 9.17) is 11.0 Å². The molecule has 1 amide bonds. The van der Waals surface area contributed by atoms with E-state index >= 15 is 0 Å². The fourth-order valence-corrected chi connectivity index (χ4v) is 2.05. The molecule has 1 aromatic carbocycles. The third-order valence-corrected chi connectivity index (χ3v) is 3.19. The molecular weight excluding hydrogens is 266 g/mol. The van der Waals surface area contributed by atoms with Gasteiger partial charge in [-0.15, -0.1) is 0 Å². The van der Waals surface area contributed by atoms with Crippen molar-refractivity contribution in [1.82, 2.24) is 14.7 Å². The first-order chi connectivity index (χ1) is 10.1. The molecule has 2 aromatic rings. The number of carbonyl (C=O) groups is 1. The molecule has 0 aliphatic carbocycles. The maximum atomic E-state index is 12.3.